The van der Waals surface area contributed by atoms with Gasteiger partial charge in [0.05, 0.1) is 12.1 Å². The number of hydrogen-bond acceptors (Lipinski definition) is 8. The van der Waals surface area contributed by atoms with E-state index in [1.807, 2.05) is 45.0 Å². The highest BCUT2D eigenvalue weighted by atomic mass is 28.4. The lowest BCUT2D eigenvalue weighted by atomic mass is 10.1. The molecule has 0 N–H and O–H groups in total. The molecule has 0 amide bonds. The molecule has 0 aliphatic heterocycles. The van der Waals surface area contributed by atoms with Crippen molar-refractivity contribution < 1.29 is 26.6 Å². The third kappa shape index (κ3) is 10.3. The molecule has 0 fully saturated rings. The Bertz CT molecular complexity index is 652. The third-order valence-corrected chi connectivity index (χ3v) is 10.9. The van der Waals surface area contributed by atoms with Crippen LogP contribution in [0.1, 0.15) is 39.2 Å². The van der Waals surface area contributed by atoms with Gasteiger partial charge in [-0.25, -0.2) is 0 Å². The van der Waals surface area contributed by atoms with Crippen molar-refractivity contribution in [2.75, 3.05) is 41.2 Å². The van der Waals surface area contributed by atoms with Crippen molar-refractivity contribution in [2.24, 2.45) is 0 Å². The smallest absolute Gasteiger partial charge is 0.377 e. The predicted molar refractivity (Wildman–Crippen MR) is 127 cm³/mol. The number of rotatable bonds is 15. The Morgan fingerprint density at radius 1 is 0.812 bits per heavy atom. The van der Waals surface area contributed by atoms with E-state index in [9.17, 15) is 5.26 Å². The molecule has 1 unspecified atom stereocenters. The first-order chi connectivity index (χ1) is 15.5. The average molecular weight is 483 g/mol. The Kier molecular flexibility index (Phi) is 17.0. The minimum absolute atomic E-state index is 0.0373. The maximum atomic E-state index is 9.19. The lowest BCUT2D eigenvalue weighted by Crippen LogP contribution is -2.51. The Labute approximate surface area is 195 Å². The molecule has 1 aromatic rings. The van der Waals surface area contributed by atoms with Crippen LogP contribution in [0.3, 0.4) is 0 Å². The molecule has 0 saturated carbocycles. The molecule has 0 heterocycles. The van der Waals surface area contributed by atoms with Gasteiger partial charge >= 0.3 is 17.6 Å². The van der Waals surface area contributed by atoms with Gasteiger partial charge in [-0.1, -0.05) is 30.3 Å². The van der Waals surface area contributed by atoms with Crippen LogP contribution < -0.4 is 0 Å². The van der Waals surface area contributed by atoms with Crippen molar-refractivity contribution in [1.29, 1.82) is 10.5 Å². The van der Waals surface area contributed by atoms with E-state index in [2.05, 4.69) is 18.2 Å². The van der Waals surface area contributed by atoms with Crippen molar-refractivity contribution in [2.45, 2.75) is 51.6 Å². The van der Waals surface area contributed by atoms with Crippen LogP contribution in [0.15, 0.2) is 30.3 Å². The number of benzene rings is 1. The topological polar surface area (TPSA) is 103 Å². The fourth-order valence-corrected chi connectivity index (χ4v) is 7.70. The normalized spacial score (nSPS) is 12.2. The zero-order chi connectivity index (χ0) is 24.3. The van der Waals surface area contributed by atoms with Crippen LogP contribution >= 0.6 is 0 Å². The molecule has 0 spiro atoms. The monoisotopic (exact) mass is 482 g/mol. The molecular formula is C22H38N2O6Si2. The molecule has 0 aliphatic carbocycles. The van der Waals surface area contributed by atoms with Gasteiger partial charge in [-0.2, -0.15) is 10.5 Å². The molecule has 0 radical (unpaired) electrons. The van der Waals surface area contributed by atoms with Crippen LogP contribution in [0.2, 0.25) is 11.6 Å². The van der Waals surface area contributed by atoms with E-state index in [0.29, 0.717) is 38.7 Å². The summed E-state index contributed by atoms with van der Waals surface area (Å²) in [6, 6.07) is 15.0. The molecule has 1 rings (SSSR count). The van der Waals surface area contributed by atoms with E-state index >= 15 is 0 Å². The summed E-state index contributed by atoms with van der Waals surface area (Å²) in [5.41, 5.74) is 1.14. The van der Waals surface area contributed by atoms with Gasteiger partial charge in [-0.05, 0) is 32.8 Å². The summed E-state index contributed by atoms with van der Waals surface area (Å²) < 4.78 is 33.1. The SMILES string of the molecule is CCO[Si](OCC)(OCC)C(CC#N)Cc1ccccc1.CO[Si](CCC#N)(OC)OC. The van der Waals surface area contributed by atoms with Crippen LogP contribution in [-0.4, -0.2) is 58.8 Å². The van der Waals surface area contributed by atoms with Gasteiger partial charge < -0.3 is 26.6 Å². The quantitative estimate of drug-likeness (QED) is 0.340. The second kappa shape index (κ2) is 17.9. The summed E-state index contributed by atoms with van der Waals surface area (Å²) in [5, 5.41) is 17.5. The molecule has 1 atom stereocenters. The van der Waals surface area contributed by atoms with Crippen molar-refractivity contribution in [3.63, 3.8) is 0 Å². The fraction of sp³-hybridized carbons (Fsp3) is 0.636. The van der Waals surface area contributed by atoms with Gasteiger partial charge in [0.2, 0.25) is 0 Å². The first-order valence-electron chi connectivity index (χ1n) is 10.8. The van der Waals surface area contributed by atoms with E-state index in [1.54, 1.807) is 0 Å². The van der Waals surface area contributed by atoms with Crippen LogP contribution in [0.4, 0.5) is 0 Å². The van der Waals surface area contributed by atoms with E-state index < -0.39 is 17.6 Å². The summed E-state index contributed by atoms with van der Waals surface area (Å²) in [6.07, 6.45) is 1.52. The molecule has 10 heteroatoms. The summed E-state index contributed by atoms with van der Waals surface area (Å²) in [4.78, 5) is 0. The van der Waals surface area contributed by atoms with E-state index in [0.717, 1.165) is 6.42 Å². The minimum Gasteiger partial charge on any atom is -0.377 e. The van der Waals surface area contributed by atoms with E-state index in [-0.39, 0.29) is 5.54 Å². The van der Waals surface area contributed by atoms with Gasteiger partial charge in [0.1, 0.15) is 0 Å². The Hall–Kier alpha value is -1.61. The van der Waals surface area contributed by atoms with Crippen molar-refractivity contribution in [3.05, 3.63) is 35.9 Å². The van der Waals surface area contributed by atoms with E-state index in [1.165, 1.54) is 26.9 Å². The second-order valence-electron chi connectivity index (χ2n) is 6.60. The lowest BCUT2D eigenvalue weighted by molar-refractivity contribution is 0.0609. The largest absolute Gasteiger partial charge is 0.505 e. The zero-order valence-electron chi connectivity index (χ0n) is 20.3. The Morgan fingerprint density at radius 3 is 1.69 bits per heavy atom. The molecule has 8 nitrogen and oxygen atoms in total. The summed E-state index contributed by atoms with van der Waals surface area (Å²) in [6.45, 7) is 7.40. The average Bonchev–Trinajstić information content (AvgIpc) is 2.82. The molecule has 0 aromatic heterocycles. The molecule has 180 valence electrons. The predicted octanol–water partition coefficient (Wildman–Crippen LogP) is 4.34. The molecule has 0 aliphatic rings. The van der Waals surface area contributed by atoms with Crippen molar-refractivity contribution >= 4 is 17.6 Å². The maximum Gasteiger partial charge on any atom is 0.505 e. The van der Waals surface area contributed by atoms with Crippen LogP contribution in [0, 0.1) is 22.7 Å². The molecule has 32 heavy (non-hydrogen) atoms. The Morgan fingerprint density at radius 2 is 1.31 bits per heavy atom. The minimum atomic E-state index is -2.85. The highest BCUT2D eigenvalue weighted by Crippen LogP contribution is 2.32. The van der Waals surface area contributed by atoms with Gasteiger partial charge in [0, 0.05) is 65.6 Å². The van der Waals surface area contributed by atoms with Crippen LogP contribution in [0.5, 0.6) is 0 Å². The summed E-state index contributed by atoms with van der Waals surface area (Å²) in [5.74, 6) is 0. The number of nitriles is 2. The highest BCUT2D eigenvalue weighted by Gasteiger charge is 2.49. The van der Waals surface area contributed by atoms with Gasteiger partial charge in [-0.15, -0.1) is 0 Å². The van der Waals surface area contributed by atoms with Crippen molar-refractivity contribution in [1.82, 2.24) is 0 Å². The highest BCUT2D eigenvalue weighted by molar-refractivity contribution is 6.62. The van der Waals surface area contributed by atoms with Crippen LogP contribution in [0.25, 0.3) is 0 Å². The van der Waals surface area contributed by atoms with Crippen LogP contribution in [-0.2, 0) is 33.0 Å². The first-order valence-corrected chi connectivity index (χ1v) is 14.5. The fourth-order valence-electron chi connectivity index (χ4n) is 3.18. The number of hydrogen-bond donors (Lipinski definition) is 0. The van der Waals surface area contributed by atoms with E-state index in [4.69, 9.17) is 31.8 Å². The summed E-state index contributed by atoms with van der Waals surface area (Å²) >= 11 is 0. The number of nitrogens with zero attached hydrogens (tertiary/aromatic N) is 2. The zero-order valence-corrected chi connectivity index (χ0v) is 22.3. The Balaban J connectivity index is 0.000000739. The first kappa shape index (κ1) is 30.4. The van der Waals surface area contributed by atoms with Gasteiger partial charge in [-0.3, -0.25) is 0 Å². The molecule has 0 bridgehead atoms. The standard InChI is InChI=1S/C16H25NO3Si.C6H13NO3Si/c1-4-18-21(19-5-2,20-6-3)16(12-13-17)14-15-10-8-7-9-11-15;1-8-11(9-2,10-3)6-4-5-7/h7-11,16H,4-6,12,14H2,1-3H3;4,6H2,1-3H3. The maximum absolute atomic E-state index is 9.19. The molecular weight excluding hydrogens is 444 g/mol. The summed E-state index contributed by atoms with van der Waals surface area (Å²) in [7, 11) is -0.697. The second-order valence-corrected chi connectivity index (χ2v) is 12.6. The molecule has 1 aromatic carbocycles. The van der Waals surface area contributed by atoms with Crippen molar-refractivity contribution in [3.8, 4) is 12.1 Å². The van der Waals surface area contributed by atoms with Gasteiger partial charge in [0.25, 0.3) is 0 Å². The third-order valence-electron chi connectivity index (χ3n) is 4.68. The van der Waals surface area contributed by atoms with Gasteiger partial charge in [0.15, 0.2) is 0 Å². The molecule has 0 saturated heterocycles. The lowest BCUT2D eigenvalue weighted by Gasteiger charge is -2.34.